The van der Waals surface area contributed by atoms with Crippen LogP contribution in [0.5, 0.6) is 0 Å². The van der Waals surface area contributed by atoms with Crippen molar-refractivity contribution in [2.45, 2.75) is 31.7 Å². The number of H-pyrrole nitrogens is 1. The average molecular weight is 242 g/mol. The molecule has 0 amide bonds. The number of aromatic nitrogens is 2. The Morgan fingerprint density at radius 3 is 3.06 bits per heavy atom. The molecule has 88 valence electrons. The van der Waals surface area contributed by atoms with Gasteiger partial charge >= 0.3 is 0 Å². The van der Waals surface area contributed by atoms with Crippen molar-refractivity contribution in [1.29, 1.82) is 0 Å². The number of anilines is 1. The summed E-state index contributed by atoms with van der Waals surface area (Å²) in [5.41, 5.74) is -0.165. The van der Waals surface area contributed by atoms with Crippen LogP contribution >= 0.6 is 11.6 Å². The van der Waals surface area contributed by atoms with Gasteiger partial charge in [-0.3, -0.25) is 4.79 Å². The molecule has 2 atom stereocenters. The van der Waals surface area contributed by atoms with E-state index in [1.807, 2.05) is 0 Å². The summed E-state index contributed by atoms with van der Waals surface area (Å²) in [6.45, 7) is 0. The van der Waals surface area contributed by atoms with Gasteiger partial charge in [0.1, 0.15) is 0 Å². The van der Waals surface area contributed by atoms with Crippen LogP contribution in [0.25, 0.3) is 0 Å². The second-order valence-electron chi connectivity index (χ2n) is 4.22. The SMILES string of the molecule is O=c1[nH]ccnc1NC1CCCCC1CCl. The first-order valence-electron chi connectivity index (χ1n) is 5.67. The molecule has 1 saturated carbocycles. The van der Waals surface area contributed by atoms with E-state index in [2.05, 4.69) is 15.3 Å². The summed E-state index contributed by atoms with van der Waals surface area (Å²) >= 11 is 5.93. The highest BCUT2D eigenvalue weighted by molar-refractivity contribution is 6.18. The summed E-state index contributed by atoms with van der Waals surface area (Å²) in [7, 11) is 0. The standard InChI is InChI=1S/C11H16ClN3O/c12-7-8-3-1-2-4-9(8)15-10-11(16)14-6-5-13-10/h5-6,8-9H,1-4,7H2,(H,13,15)(H,14,16). The smallest absolute Gasteiger partial charge is 0.290 e. The van der Waals surface area contributed by atoms with Gasteiger partial charge in [-0.1, -0.05) is 12.8 Å². The number of nitrogens with one attached hydrogen (secondary N) is 2. The van der Waals surface area contributed by atoms with Gasteiger partial charge < -0.3 is 10.3 Å². The van der Waals surface area contributed by atoms with Crippen molar-refractivity contribution in [3.8, 4) is 0 Å². The number of rotatable bonds is 3. The first-order chi connectivity index (χ1) is 7.81. The number of hydrogen-bond acceptors (Lipinski definition) is 3. The molecule has 0 aliphatic heterocycles. The van der Waals surface area contributed by atoms with E-state index in [9.17, 15) is 4.79 Å². The lowest BCUT2D eigenvalue weighted by Crippen LogP contribution is -2.35. The molecule has 1 fully saturated rings. The highest BCUT2D eigenvalue weighted by Crippen LogP contribution is 2.26. The fourth-order valence-electron chi connectivity index (χ4n) is 2.21. The Balaban J connectivity index is 2.08. The zero-order valence-corrected chi connectivity index (χ0v) is 9.83. The highest BCUT2D eigenvalue weighted by atomic mass is 35.5. The normalized spacial score (nSPS) is 25.3. The maximum absolute atomic E-state index is 11.5. The number of alkyl halides is 1. The van der Waals surface area contributed by atoms with E-state index in [-0.39, 0.29) is 11.6 Å². The molecular weight excluding hydrogens is 226 g/mol. The molecular formula is C11H16ClN3O. The predicted molar refractivity (Wildman–Crippen MR) is 64.9 cm³/mol. The molecule has 5 heteroatoms. The first kappa shape index (κ1) is 11.5. The van der Waals surface area contributed by atoms with Crippen LogP contribution in [0.15, 0.2) is 17.2 Å². The summed E-state index contributed by atoms with van der Waals surface area (Å²) in [6, 6.07) is 0.280. The van der Waals surface area contributed by atoms with Crippen LogP contribution in [0, 0.1) is 5.92 Å². The second kappa shape index (κ2) is 5.34. The van der Waals surface area contributed by atoms with Gasteiger partial charge in [-0.15, -0.1) is 11.6 Å². The van der Waals surface area contributed by atoms with Crippen molar-refractivity contribution in [3.05, 3.63) is 22.7 Å². The molecule has 2 unspecified atom stereocenters. The Labute approximate surface area is 99.4 Å². The largest absolute Gasteiger partial charge is 0.362 e. The third-order valence-electron chi connectivity index (χ3n) is 3.14. The lowest BCUT2D eigenvalue weighted by molar-refractivity contribution is 0.352. The zero-order valence-electron chi connectivity index (χ0n) is 9.08. The van der Waals surface area contributed by atoms with Gasteiger partial charge in [0.15, 0.2) is 5.82 Å². The Morgan fingerprint density at radius 2 is 2.31 bits per heavy atom. The van der Waals surface area contributed by atoms with E-state index >= 15 is 0 Å². The highest BCUT2D eigenvalue weighted by Gasteiger charge is 2.24. The van der Waals surface area contributed by atoms with Crippen LogP contribution in [-0.4, -0.2) is 21.9 Å². The van der Waals surface area contributed by atoms with E-state index in [0.29, 0.717) is 17.6 Å². The number of hydrogen-bond donors (Lipinski definition) is 2. The number of halogens is 1. The van der Waals surface area contributed by atoms with Gasteiger partial charge in [0.2, 0.25) is 0 Å². The molecule has 16 heavy (non-hydrogen) atoms. The number of aromatic amines is 1. The molecule has 0 aromatic carbocycles. The zero-order chi connectivity index (χ0) is 11.4. The van der Waals surface area contributed by atoms with Gasteiger partial charge in [-0.05, 0) is 18.8 Å². The molecule has 0 spiro atoms. The summed E-state index contributed by atoms with van der Waals surface area (Å²) in [6.07, 6.45) is 7.74. The molecule has 2 N–H and O–H groups in total. The van der Waals surface area contributed by atoms with Gasteiger partial charge in [-0.25, -0.2) is 4.98 Å². The van der Waals surface area contributed by atoms with Crippen molar-refractivity contribution in [1.82, 2.24) is 9.97 Å². The van der Waals surface area contributed by atoms with Crippen LogP contribution in [0.4, 0.5) is 5.82 Å². The Morgan fingerprint density at radius 1 is 1.50 bits per heavy atom. The summed E-state index contributed by atoms with van der Waals surface area (Å²) < 4.78 is 0. The fraction of sp³-hybridized carbons (Fsp3) is 0.636. The summed E-state index contributed by atoms with van der Waals surface area (Å²) in [5.74, 6) is 1.49. The third kappa shape index (κ3) is 2.55. The van der Waals surface area contributed by atoms with E-state index in [1.165, 1.54) is 19.0 Å². The molecule has 2 rings (SSSR count). The molecule has 4 nitrogen and oxygen atoms in total. The topological polar surface area (TPSA) is 57.8 Å². The number of nitrogens with zero attached hydrogens (tertiary/aromatic N) is 1. The molecule has 1 aliphatic rings. The van der Waals surface area contributed by atoms with Crippen molar-refractivity contribution < 1.29 is 0 Å². The molecule has 1 aromatic rings. The van der Waals surface area contributed by atoms with Gasteiger partial charge in [-0.2, -0.15) is 0 Å². The molecule has 1 aliphatic carbocycles. The lowest BCUT2D eigenvalue weighted by atomic mass is 9.86. The molecule has 0 bridgehead atoms. The Bertz CT molecular complexity index is 393. The summed E-state index contributed by atoms with van der Waals surface area (Å²) in [4.78, 5) is 18.1. The maximum Gasteiger partial charge on any atom is 0.290 e. The monoisotopic (exact) mass is 241 g/mol. The van der Waals surface area contributed by atoms with Crippen molar-refractivity contribution in [2.24, 2.45) is 5.92 Å². The Hall–Kier alpha value is -1.03. The Kier molecular flexibility index (Phi) is 3.83. The molecule has 1 heterocycles. The van der Waals surface area contributed by atoms with Crippen LogP contribution in [-0.2, 0) is 0 Å². The van der Waals surface area contributed by atoms with Crippen LogP contribution in [0.3, 0.4) is 0 Å². The second-order valence-corrected chi connectivity index (χ2v) is 4.53. The molecule has 1 aromatic heterocycles. The van der Waals surface area contributed by atoms with Crippen LogP contribution in [0.2, 0.25) is 0 Å². The predicted octanol–water partition coefficient (Wildman–Crippen LogP) is 1.98. The van der Waals surface area contributed by atoms with Crippen molar-refractivity contribution in [3.63, 3.8) is 0 Å². The van der Waals surface area contributed by atoms with E-state index in [0.717, 1.165) is 12.8 Å². The summed E-state index contributed by atoms with van der Waals surface area (Å²) in [5, 5.41) is 3.21. The van der Waals surface area contributed by atoms with Gasteiger partial charge in [0.05, 0.1) is 0 Å². The van der Waals surface area contributed by atoms with Gasteiger partial charge in [0, 0.05) is 24.3 Å². The van der Waals surface area contributed by atoms with Crippen molar-refractivity contribution in [2.75, 3.05) is 11.2 Å². The minimum absolute atomic E-state index is 0.165. The van der Waals surface area contributed by atoms with Crippen molar-refractivity contribution >= 4 is 17.4 Å². The van der Waals surface area contributed by atoms with E-state index in [4.69, 9.17) is 11.6 Å². The maximum atomic E-state index is 11.5. The fourth-order valence-corrected chi connectivity index (χ4v) is 2.58. The minimum atomic E-state index is -0.165. The van der Waals surface area contributed by atoms with E-state index in [1.54, 1.807) is 6.20 Å². The van der Waals surface area contributed by atoms with Crippen LogP contribution < -0.4 is 10.9 Å². The molecule has 0 radical (unpaired) electrons. The first-order valence-corrected chi connectivity index (χ1v) is 6.21. The lowest BCUT2D eigenvalue weighted by Gasteiger charge is -2.30. The van der Waals surface area contributed by atoms with Gasteiger partial charge in [0.25, 0.3) is 5.56 Å². The average Bonchev–Trinajstić information content (AvgIpc) is 2.33. The quantitative estimate of drug-likeness (QED) is 0.796. The van der Waals surface area contributed by atoms with E-state index < -0.39 is 0 Å². The molecule has 0 saturated heterocycles. The third-order valence-corrected chi connectivity index (χ3v) is 3.53. The van der Waals surface area contributed by atoms with Crippen LogP contribution in [0.1, 0.15) is 25.7 Å². The minimum Gasteiger partial charge on any atom is -0.362 e.